The minimum atomic E-state index is -1.32. The summed E-state index contributed by atoms with van der Waals surface area (Å²) < 4.78 is 0. The molecule has 2 unspecified atom stereocenters. The molecular weight excluding hydrogens is 372 g/mol. The van der Waals surface area contributed by atoms with E-state index in [1.165, 1.54) is 12.1 Å². The van der Waals surface area contributed by atoms with Crippen LogP contribution in [-0.2, 0) is 6.42 Å². The van der Waals surface area contributed by atoms with Gasteiger partial charge in [-0.2, -0.15) is 0 Å². The quantitative estimate of drug-likeness (QED) is 0.697. The van der Waals surface area contributed by atoms with Gasteiger partial charge >= 0.3 is 11.9 Å². The topological polar surface area (TPSA) is 121 Å². The predicted octanol–water partition coefficient (Wildman–Crippen LogP) is 3.85. The summed E-state index contributed by atoms with van der Waals surface area (Å²) in [7, 11) is 0. The fourth-order valence-corrected chi connectivity index (χ4v) is 3.25. The molecule has 0 fully saturated rings. The second kappa shape index (κ2) is 8.99. The van der Waals surface area contributed by atoms with Crippen molar-refractivity contribution >= 4 is 11.9 Å². The van der Waals surface area contributed by atoms with E-state index in [4.69, 9.17) is 0 Å². The molecule has 0 amide bonds. The molecule has 2 N–H and O–H groups in total. The number of rotatable bonds is 8. The molecule has 2 rings (SSSR count). The Morgan fingerprint density at radius 3 is 1.41 bits per heavy atom. The van der Waals surface area contributed by atoms with Gasteiger partial charge in [0.05, 0.1) is 11.1 Å². The summed E-state index contributed by atoms with van der Waals surface area (Å²) in [4.78, 5) is 23.1. The van der Waals surface area contributed by atoms with Gasteiger partial charge in [0.15, 0.2) is 0 Å². The number of carbonyl (C=O) groups is 2. The van der Waals surface area contributed by atoms with Crippen LogP contribution in [0.5, 0.6) is 11.5 Å². The molecular formula is C23H26O6-2. The molecule has 29 heavy (non-hydrogen) atoms. The Balaban J connectivity index is 2.66. The van der Waals surface area contributed by atoms with Crippen LogP contribution in [0.3, 0.4) is 0 Å². The van der Waals surface area contributed by atoms with E-state index in [1.807, 2.05) is 27.7 Å². The van der Waals surface area contributed by atoms with Crippen molar-refractivity contribution in [2.45, 2.75) is 58.8 Å². The van der Waals surface area contributed by atoms with E-state index in [-0.39, 0.29) is 40.5 Å². The zero-order chi connectivity index (χ0) is 21.9. The molecule has 0 aliphatic rings. The molecule has 6 nitrogen and oxygen atoms in total. The number of aromatic carboxylic acids is 2. The molecule has 2 atom stereocenters. The first-order chi connectivity index (χ1) is 13.6. The molecule has 0 aliphatic carbocycles. The van der Waals surface area contributed by atoms with Crippen molar-refractivity contribution in [3.05, 3.63) is 57.6 Å². The van der Waals surface area contributed by atoms with E-state index in [9.17, 15) is 30.0 Å². The van der Waals surface area contributed by atoms with E-state index < -0.39 is 23.4 Å². The maximum absolute atomic E-state index is 12.7. The second-order valence-electron chi connectivity index (χ2n) is 7.52. The van der Waals surface area contributed by atoms with Gasteiger partial charge in [0.2, 0.25) is 0 Å². The fourth-order valence-electron chi connectivity index (χ4n) is 3.25. The van der Waals surface area contributed by atoms with Crippen molar-refractivity contribution in [2.75, 3.05) is 0 Å². The molecule has 6 heteroatoms. The molecule has 0 aliphatic heterocycles. The Bertz CT molecular complexity index is 856. The summed E-state index contributed by atoms with van der Waals surface area (Å²) in [5.74, 6) is -3.84. The molecule has 0 radical (unpaired) electrons. The van der Waals surface area contributed by atoms with Crippen LogP contribution in [0.4, 0.5) is 0 Å². The van der Waals surface area contributed by atoms with Gasteiger partial charge in [-0.15, -0.1) is 0 Å². The number of benzene rings is 2. The van der Waals surface area contributed by atoms with Crippen molar-refractivity contribution in [1.82, 2.24) is 0 Å². The van der Waals surface area contributed by atoms with Crippen LogP contribution in [-0.4, -0.2) is 22.2 Å². The van der Waals surface area contributed by atoms with Crippen LogP contribution in [0.25, 0.3) is 0 Å². The van der Waals surface area contributed by atoms with Crippen LogP contribution in [0, 0.1) is 0 Å². The molecule has 0 saturated carbocycles. The Morgan fingerprint density at radius 1 is 0.793 bits per heavy atom. The Kier molecular flexibility index (Phi) is 6.90. The van der Waals surface area contributed by atoms with E-state index in [1.54, 1.807) is 12.1 Å². The summed E-state index contributed by atoms with van der Waals surface area (Å²) in [6.45, 7) is 7.78. The van der Waals surface area contributed by atoms with Crippen molar-refractivity contribution in [1.29, 1.82) is 0 Å². The van der Waals surface area contributed by atoms with E-state index in [0.717, 1.165) is 12.8 Å². The van der Waals surface area contributed by atoms with Crippen LogP contribution in [0.2, 0.25) is 0 Å². The number of hydrogen-bond acceptors (Lipinski definition) is 4. The van der Waals surface area contributed by atoms with Gasteiger partial charge in [0, 0.05) is 0 Å². The Morgan fingerprint density at radius 2 is 1.14 bits per heavy atom. The highest BCUT2D eigenvalue weighted by atomic mass is 16.4. The lowest BCUT2D eigenvalue weighted by atomic mass is 9.89. The Hall–Kier alpha value is -3.02. The van der Waals surface area contributed by atoms with Gasteiger partial charge in [0.25, 0.3) is 0 Å². The molecule has 0 spiro atoms. The number of hydrogen-bond donors (Lipinski definition) is 2. The predicted molar refractivity (Wildman–Crippen MR) is 106 cm³/mol. The van der Waals surface area contributed by atoms with Gasteiger partial charge in [0.1, 0.15) is 0 Å². The molecule has 0 aromatic heterocycles. The van der Waals surface area contributed by atoms with Gasteiger partial charge in [-0.1, -0.05) is 62.5 Å². The first-order valence-electron chi connectivity index (χ1n) is 9.74. The first-order valence-corrected chi connectivity index (χ1v) is 9.74. The molecule has 2 aromatic carbocycles. The molecule has 0 heterocycles. The summed E-state index contributed by atoms with van der Waals surface area (Å²) in [5, 5.41) is 44.2. The molecule has 0 bridgehead atoms. The Labute approximate surface area is 170 Å². The van der Waals surface area contributed by atoms with Crippen LogP contribution >= 0.6 is 0 Å². The average Bonchev–Trinajstić information content (AvgIpc) is 2.68. The smallest absolute Gasteiger partial charge is 0.335 e. The van der Waals surface area contributed by atoms with Crippen molar-refractivity contribution in [3.8, 4) is 11.5 Å². The van der Waals surface area contributed by atoms with Gasteiger partial charge < -0.3 is 20.4 Å². The van der Waals surface area contributed by atoms with Crippen LogP contribution < -0.4 is 10.2 Å². The lowest BCUT2D eigenvalue weighted by Gasteiger charge is -2.24. The maximum Gasteiger partial charge on any atom is 0.335 e. The molecule has 156 valence electrons. The maximum atomic E-state index is 12.7. The van der Waals surface area contributed by atoms with Gasteiger partial charge in [-0.25, -0.2) is 9.59 Å². The van der Waals surface area contributed by atoms with E-state index in [0.29, 0.717) is 11.1 Å². The minimum Gasteiger partial charge on any atom is -0.872 e. The third-order valence-electron chi connectivity index (χ3n) is 5.58. The number of carboxylic acid groups (broad SMARTS) is 2. The normalized spacial score (nSPS) is 13.1. The zero-order valence-electron chi connectivity index (χ0n) is 17.1. The summed E-state index contributed by atoms with van der Waals surface area (Å²) in [6, 6.07) is 6.05. The lowest BCUT2D eigenvalue weighted by Crippen LogP contribution is -2.12. The molecule has 0 saturated heterocycles. The van der Waals surface area contributed by atoms with Crippen LogP contribution in [0.15, 0.2) is 24.3 Å². The average molecular weight is 398 g/mol. The standard InChI is InChI=1S/C23H28O6/c1-5-12(3)14-7-16(20(24)18(10-14)22(26)27)9-17-8-15(13(4)6-2)11-19(21(17)25)23(28)29/h7-8,10-13,24-25H,5-6,9H2,1-4H3,(H,26,27)(H,28,29)/p-2. The summed E-state index contributed by atoms with van der Waals surface area (Å²) in [6.07, 6.45) is 1.42. The highest BCUT2D eigenvalue weighted by Crippen LogP contribution is 2.33. The largest absolute Gasteiger partial charge is 0.872 e. The lowest BCUT2D eigenvalue weighted by molar-refractivity contribution is -0.270. The van der Waals surface area contributed by atoms with Gasteiger partial charge in [-0.3, -0.25) is 0 Å². The van der Waals surface area contributed by atoms with Crippen molar-refractivity contribution in [3.63, 3.8) is 0 Å². The van der Waals surface area contributed by atoms with Crippen molar-refractivity contribution < 1.29 is 30.0 Å². The second-order valence-corrected chi connectivity index (χ2v) is 7.52. The zero-order valence-corrected chi connectivity index (χ0v) is 17.1. The number of carboxylic acids is 2. The van der Waals surface area contributed by atoms with E-state index >= 15 is 0 Å². The van der Waals surface area contributed by atoms with Gasteiger partial charge in [-0.05, 0) is 54.4 Å². The SMILES string of the molecule is CCC(C)c1cc(Cc2cc(C(C)CC)cc(C(=O)O)c2[O-])c([O-])c(C(=O)O)c1. The van der Waals surface area contributed by atoms with Crippen molar-refractivity contribution in [2.24, 2.45) is 0 Å². The molecule has 2 aromatic rings. The third-order valence-corrected chi connectivity index (χ3v) is 5.58. The third kappa shape index (κ3) is 4.70. The summed E-state index contributed by atoms with van der Waals surface area (Å²) in [5.41, 5.74) is 1.14. The van der Waals surface area contributed by atoms with E-state index in [2.05, 4.69) is 0 Å². The first kappa shape index (κ1) is 22.3. The summed E-state index contributed by atoms with van der Waals surface area (Å²) >= 11 is 0. The highest BCUT2D eigenvalue weighted by Gasteiger charge is 2.17. The highest BCUT2D eigenvalue weighted by molar-refractivity contribution is 5.92. The van der Waals surface area contributed by atoms with Crippen LogP contribution in [0.1, 0.15) is 95.3 Å². The fraction of sp³-hybridized carbons (Fsp3) is 0.391. The minimum absolute atomic E-state index is 0.0419. The monoisotopic (exact) mass is 398 g/mol.